The molecule has 0 aliphatic rings. The van der Waals surface area contributed by atoms with E-state index in [9.17, 15) is 14.4 Å². The van der Waals surface area contributed by atoms with E-state index in [1.54, 1.807) is 6.07 Å². The zero-order valence-electron chi connectivity index (χ0n) is 14.9. The molecule has 1 amide bonds. The zero-order chi connectivity index (χ0) is 19.4. The summed E-state index contributed by atoms with van der Waals surface area (Å²) in [6.45, 7) is 4.12. The van der Waals surface area contributed by atoms with Gasteiger partial charge in [0.1, 0.15) is 12.2 Å². The Labute approximate surface area is 158 Å². The first-order valence-electron chi connectivity index (χ1n) is 8.24. The third-order valence-corrected chi connectivity index (χ3v) is 4.85. The van der Waals surface area contributed by atoms with Crippen LogP contribution in [0.2, 0.25) is 0 Å². The van der Waals surface area contributed by atoms with Gasteiger partial charge < -0.3 is 5.32 Å². The van der Waals surface area contributed by atoms with Crippen molar-refractivity contribution in [2.75, 3.05) is 6.54 Å². The molecule has 0 bridgehead atoms. The number of hydrogen-bond acceptors (Lipinski definition) is 7. The van der Waals surface area contributed by atoms with Crippen molar-refractivity contribution in [2.45, 2.75) is 26.9 Å². The summed E-state index contributed by atoms with van der Waals surface area (Å²) in [4.78, 5) is 44.7. The maximum atomic E-state index is 12.0. The first-order chi connectivity index (χ1) is 12.9. The first kappa shape index (κ1) is 18.6. The van der Waals surface area contributed by atoms with Crippen LogP contribution in [0.3, 0.4) is 0 Å². The van der Waals surface area contributed by atoms with Gasteiger partial charge in [0.25, 0.3) is 11.1 Å². The van der Waals surface area contributed by atoms with Crippen LogP contribution in [0.25, 0.3) is 10.6 Å². The summed E-state index contributed by atoms with van der Waals surface area (Å²) in [6, 6.07) is 4.41. The van der Waals surface area contributed by atoms with Crippen molar-refractivity contribution in [3.8, 4) is 10.6 Å². The largest absolute Gasteiger partial charge is 0.353 e. The van der Waals surface area contributed by atoms with E-state index in [1.165, 1.54) is 45.2 Å². The molecule has 0 atom stereocenters. The molecule has 0 aromatic carbocycles. The van der Waals surface area contributed by atoms with Gasteiger partial charge in [0.2, 0.25) is 5.91 Å². The first-order valence-corrected chi connectivity index (χ1v) is 9.05. The lowest BCUT2D eigenvalue weighted by atomic mass is 10.3. The third-order valence-electron chi connectivity index (χ3n) is 3.75. The van der Waals surface area contributed by atoms with Crippen molar-refractivity contribution in [3.05, 3.63) is 62.1 Å². The van der Waals surface area contributed by atoms with Crippen LogP contribution >= 0.6 is 11.3 Å². The Morgan fingerprint density at radius 2 is 2.00 bits per heavy atom. The van der Waals surface area contributed by atoms with Crippen LogP contribution < -0.4 is 16.4 Å². The highest BCUT2D eigenvalue weighted by Crippen LogP contribution is 2.27. The Morgan fingerprint density at radius 3 is 2.70 bits per heavy atom. The predicted molar refractivity (Wildman–Crippen MR) is 101 cm³/mol. The average molecular weight is 386 g/mol. The van der Waals surface area contributed by atoms with E-state index >= 15 is 0 Å². The normalized spacial score (nSPS) is 10.7. The molecule has 3 aromatic rings. The quantitative estimate of drug-likeness (QED) is 0.655. The number of hydrogen-bond donors (Lipinski definition) is 1. The minimum absolute atomic E-state index is 0.131. The standard InChI is InChI=1S/C17H18N6O3S/c1-11-17(27-12(2)20-11)13-3-4-16(26)23(21-13)8-7-19-14(24)9-22-10-18-6-5-15(22)25/h3-6,10H,7-9H2,1-2H3,(H,19,24). The number of carbonyl (C=O) groups excluding carboxylic acids is 1. The number of nitrogens with zero attached hydrogens (tertiary/aromatic N) is 5. The molecule has 9 nitrogen and oxygen atoms in total. The Balaban J connectivity index is 1.64. The van der Waals surface area contributed by atoms with Gasteiger partial charge in [0.15, 0.2) is 0 Å². The molecular weight excluding hydrogens is 368 g/mol. The topological polar surface area (TPSA) is 112 Å². The number of carbonyl (C=O) groups is 1. The smallest absolute Gasteiger partial charge is 0.266 e. The van der Waals surface area contributed by atoms with Crippen molar-refractivity contribution in [3.63, 3.8) is 0 Å². The molecule has 0 saturated carbocycles. The maximum Gasteiger partial charge on any atom is 0.266 e. The van der Waals surface area contributed by atoms with E-state index in [1.807, 2.05) is 13.8 Å². The fourth-order valence-corrected chi connectivity index (χ4v) is 3.39. The van der Waals surface area contributed by atoms with Crippen LogP contribution in [-0.2, 0) is 17.9 Å². The summed E-state index contributed by atoms with van der Waals surface area (Å²) in [7, 11) is 0. The summed E-state index contributed by atoms with van der Waals surface area (Å²) < 4.78 is 2.51. The van der Waals surface area contributed by atoms with Gasteiger partial charge in [-0.15, -0.1) is 11.3 Å². The van der Waals surface area contributed by atoms with E-state index < -0.39 is 0 Å². The minimum Gasteiger partial charge on any atom is -0.353 e. The van der Waals surface area contributed by atoms with E-state index in [4.69, 9.17) is 0 Å². The van der Waals surface area contributed by atoms with Crippen LogP contribution in [-0.4, -0.2) is 36.8 Å². The van der Waals surface area contributed by atoms with Gasteiger partial charge in [-0.05, 0) is 19.9 Å². The Morgan fingerprint density at radius 1 is 1.19 bits per heavy atom. The molecule has 10 heteroatoms. The fraction of sp³-hybridized carbons (Fsp3) is 0.294. The molecule has 0 radical (unpaired) electrons. The molecule has 0 spiro atoms. The number of amides is 1. The van der Waals surface area contributed by atoms with E-state index in [-0.39, 0.29) is 36.7 Å². The van der Waals surface area contributed by atoms with Gasteiger partial charge in [0.05, 0.1) is 28.5 Å². The maximum absolute atomic E-state index is 12.0. The molecule has 0 fully saturated rings. The van der Waals surface area contributed by atoms with Gasteiger partial charge in [-0.25, -0.2) is 14.6 Å². The van der Waals surface area contributed by atoms with Crippen LogP contribution in [0.4, 0.5) is 0 Å². The number of aryl methyl sites for hydroxylation is 2. The summed E-state index contributed by atoms with van der Waals surface area (Å²) in [6.07, 6.45) is 2.67. The van der Waals surface area contributed by atoms with Crippen LogP contribution in [0.15, 0.2) is 40.3 Å². The summed E-state index contributed by atoms with van der Waals surface area (Å²) in [5, 5.41) is 7.97. The molecule has 0 unspecified atom stereocenters. The second-order valence-electron chi connectivity index (χ2n) is 5.82. The van der Waals surface area contributed by atoms with E-state index in [2.05, 4.69) is 20.4 Å². The SMILES string of the molecule is Cc1nc(C)c(-c2ccc(=O)n(CCNC(=O)Cn3cnccc3=O)n2)s1. The van der Waals surface area contributed by atoms with Gasteiger partial charge >= 0.3 is 0 Å². The molecule has 3 aromatic heterocycles. The molecule has 140 valence electrons. The van der Waals surface area contributed by atoms with Crippen LogP contribution in [0.5, 0.6) is 0 Å². The Kier molecular flexibility index (Phi) is 5.55. The monoisotopic (exact) mass is 386 g/mol. The average Bonchev–Trinajstić information content (AvgIpc) is 2.97. The molecule has 1 N–H and O–H groups in total. The number of aromatic nitrogens is 5. The molecule has 3 rings (SSSR count). The van der Waals surface area contributed by atoms with E-state index in [0.717, 1.165) is 15.6 Å². The molecule has 0 aliphatic heterocycles. The lowest BCUT2D eigenvalue weighted by molar-refractivity contribution is -0.121. The molecule has 27 heavy (non-hydrogen) atoms. The van der Waals surface area contributed by atoms with Crippen molar-refractivity contribution < 1.29 is 4.79 Å². The number of nitrogens with one attached hydrogen (secondary N) is 1. The summed E-state index contributed by atoms with van der Waals surface area (Å²) >= 11 is 1.52. The highest BCUT2D eigenvalue weighted by molar-refractivity contribution is 7.15. The van der Waals surface area contributed by atoms with Crippen LogP contribution in [0, 0.1) is 13.8 Å². The number of thiazole rings is 1. The third kappa shape index (κ3) is 4.53. The molecule has 3 heterocycles. The van der Waals surface area contributed by atoms with Crippen molar-refractivity contribution in [1.82, 2.24) is 29.6 Å². The van der Waals surface area contributed by atoms with Gasteiger partial charge in [-0.3, -0.25) is 19.0 Å². The summed E-state index contributed by atoms with van der Waals surface area (Å²) in [5.74, 6) is -0.344. The highest BCUT2D eigenvalue weighted by Gasteiger charge is 2.11. The van der Waals surface area contributed by atoms with Crippen molar-refractivity contribution in [2.24, 2.45) is 0 Å². The van der Waals surface area contributed by atoms with Gasteiger partial charge in [-0.1, -0.05) is 0 Å². The lowest BCUT2D eigenvalue weighted by Gasteiger charge is -2.09. The van der Waals surface area contributed by atoms with E-state index in [0.29, 0.717) is 5.69 Å². The minimum atomic E-state index is -0.344. The lowest BCUT2D eigenvalue weighted by Crippen LogP contribution is -2.35. The molecular formula is C17H18N6O3S. The second kappa shape index (κ2) is 8.04. The van der Waals surface area contributed by atoms with Gasteiger partial charge in [-0.2, -0.15) is 5.10 Å². The zero-order valence-corrected chi connectivity index (χ0v) is 15.7. The molecule has 0 aliphatic carbocycles. The summed E-state index contributed by atoms with van der Waals surface area (Å²) in [5.41, 5.74) is 0.979. The fourth-order valence-electron chi connectivity index (χ4n) is 2.51. The Bertz CT molecular complexity index is 1080. The van der Waals surface area contributed by atoms with Gasteiger partial charge in [0, 0.05) is 24.9 Å². The molecule has 0 saturated heterocycles. The second-order valence-corrected chi connectivity index (χ2v) is 7.03. The van der Waals surface area contributed by atoms with Crippen molar-refractivity contribution >= 4 is 17.2 Å². The van der Waals surface area contributed by atoms with Crippen molar-refractivity contribution in [1.29, 1.82) is 0 Å². The highest BCUT2D eigenvalue weighted by atomic mass is 32.1. The van der Waals surface area contributed by atoms with Crippen LogP contribution in [0.1, 0.15) is 10.7 Å². The number of rotatable bonds is 6. The Hall–Kier alpha value is -3.14. The predicted octanol–water partition coefficient (Wildman–Crippen LogP) is 0.357.